The Bertz CT molecular complexity index is 336. The number of carboxylic acid groups (broad SMARTS) is 2. The molecule has 0 aliphatic heterocycles. The van der Waals surface area contributed by atoms with Gasteiger partial charge in [-0.2, -0.15) is 0 Å². The van der Waals surface area contributed by atoms with E-state index in [1.54, 1.807) is 6.08 Å². The highest BCUT2D eigenvalue weighted by atomic mass is 16.6. The summed E-state index contributed by atoms with van der Waals surface area (Å²) in [4.78, 5) is 22.1. The van der Waals surface area contributed by atoms with E-state index in [1.807, 2.05) is 0 Å². The van der Waals surface area contributed by atoms with Gasteiger partial charge in [-0.3, -0.25) is 4.79 Å². The molecule has 1 aliphatic carbocycles. The highest BCUT2D eigenvalue weighted by Gasteiger charge is 2.60. The summed E-state index contributed by atoms with van der Waals surface area (Å²) in [5.41, 5.74) is -3.13. The van der Waals surface area contributed by atoms with Gasteiger partial charge in [0.1, 0.15) is 5.60 Å². The zero-order chi connectivity index (χ0) is 12.4. The Morgan fingerprint density at radius 2 is 1.94 bits per heavy atom. The topological polar surface area (TPSA) is 93.1 Å². The van der Waals surface area contributed by atoms with E-state index < -0.39 is 29.6 Å². The molecule has 16 heavy (non-hydrogen) atoms. The van der Waals surface area contributed by atoms with Crippen LogP contribution in [0.1, 0.15) is 12.8 Å². The number of hydrogen-bond acceptors (Lipinski definition) is 4. The average Bonchev–Trinajstić information content (AvgIpc) is 2.57. The molecule has 0 saturated heterocycles. The predicted octanol–water partition coefficient (Wildman–Crippen LogP) is 0.276. The molecule has 0 radical (unpaired) electrons. The van der Waals surface area contributed by atoms with Crippen LogP contribution in [0.15, 0.2) is 12.2 Å². The Labute approximate surface area is 92.5 Å². The largest absolute Gasteiger partial charge is 0.481 e. The molecule has 0 heterocycles. The minimum Gasteiger partial charge on any atom is -0.481 e. The number of ether oxygens (including phenoxy) is 2. The summed E-state index contributed by atoms with van der Waals surface area (Å²) in [6.45, 7) is 0. The Balaban J connectivity index is 3.19. The number of carboxylic acids is 2. The second-order valence-electron chi connectivity index (χ2n) is 3.61. The summed E-state index contributed by atoms with van der Waals surface area (Å²) >= 11 is 0. The summed E-state index contributed by atoms with van der Waals surface area (Å²) in [5, 5.41) is 18.0. The minimum atomic E-state index is -1.67. The molecule has 0 unspecified atom stereocenters. The fourth-order valence-corrected chi connectivity index (χ4v) is 2.07. The molecule has 0 saturated carbocycles. The van der Waals surface area contributed by atoms with Crippen LogP contribution in [0.25, 0.3) is 0 Å². The van der Waals surface area contributed by atoms with Gasteiger partial charge in [0, 0.05) is 20.6 Å². The third-order valence-electron chi connectivity index (χ3n) is 2.95. The van der Waals surface area contributed by atoms with E-state index >= 15 is 0 Å². The number of carbonyl (C=O) groups is 2. The van der Waals surface area contributed by atoms with Gasteiger partial charge >= 0.3 is 11.9 Å². The highest BCUT2D eigenvalue weighted by molar-refractivity contribution is 5.83. The van der Waals surface area contributed by atoms with E-state index in [4.69, 9.17) is 14.6 Å². The fourth-order valence-electron chi connectivity index (χ4n) is 2.07. The molecule has 90 valence electrons. The minimum absolute atomic E-state index is 0.0833. The monoisotopic (exact) mass is 230 g/mol. The van der Waals surface area contributed by atoms with Crippen molar-refractivity contribution in [2.24, 2.45) is 0 Å². The standard InChI is InChI=1S/C10H14O6/c1-15-9(6-7(11)12)4-3-5-10(9,16-2)8(13)14/h3-4H,5-6H2,1-2H3,(H,11,12)(H,13,14)/t9-,10-/m0/s1. The van der Waals surface area contributed by atoms with Crippen molar-refractivity contribution in [3.05, 3.63) is 12.2 Å². The van der Waals surface area contributed by atoms with Gasteiger partial charge in [0.05, 0.1) is 6.42 Å². The molecule has 1 aliphatic rings. The Kier molecular flexibility index (Phi) is 3.35. The molecule has 0 amide bonds. The van der Waals surface area contributed by atoms with E-state index in [0.717, 1.165) is 0 Å². The van der Waals surface area contributed by atoms with Crippen LogP contribution < -0.4 is 0 Å². The highest BCUT2D eigenvalue weighted by Crippen LogP contribution is 2.42. The second-order valence-corrected chi connectivity index (χ2v) is 3.61. The van der Waals surface area contributed by atoms with Crippen molar-refractivity contribution in [3.8, 4) is 0 Å². The van der Waals surface area contributed by atoms with E-state index in [-0.39, 0.29) is 6.42 Å². The van der Waals surface area contributed by atoms with Gasteiger partial charge in [-0.1, -0.05) is 12.2 Å². The SMILES string of the molecule is CO[C@]1(C(=O)O)CC=C[C@@]1(CC(=O)O)OC. The fraction of sp³-hybridized carbons (Fsp3) is 0.600. The zero-order valence-electron chi connectivity index (χ0n) is 9.10. The molecular weight excluding hydrogens is 216 g/mol. The van der Waals surface area contributed by atoms with Crippen molar-refractivity contribution in [2.45, 2.75) is 24.0 Å². The lowest BCUT2D eigenvalue weighted by Gasteiger charge is -2.39. The normalized spacial score (nSPS) is 32.9. The van der Waals surface area contributed by atoms with Crippen molar-refractivity contribution in [1.82, 2.24) is 0 Å². The van der Waals surface area contributed by atoms with Crippen molar-refractivity contribution >= 4 is 11.9 Å². The average molecular weight is 230 g/mol. The quantitative estimate of drug-likeness (QED) is 0.659. The first-order chi connectivity index (χ1) is 7.44. The summed E-state index contributed by atoms with van der Waals surface area (Å²) in [6, 6.07) is 0. The molecule has 1 rings (SSSR count). The van der Waals surface area contributed by atoms with E-state index in [2.05, 4.69) is 0 Å². The molecule has 0 bridgehead atoms. The van der Waals surface area contributed by atoms with Crippen LogP contribution in [0.5, 0.6) is 0 Å². The van der Waals surface area contributed by atoms with Gasteiger partial charge < -0.3 is 19.7 Å². The van der Waals surface area contributed by atoms with E-state index in [1.165, 1.54) is 20.3 Å². The van der Waals surface area contributed by atoms with Gasteiger partial charge in [0.2, 0.25) is 5.60 Å². The van der Waals surface area contributed by atoms with Crippen LogP contribution in [0, 0.1) is 0 Å². The summed E-state index contributed by atoms with van der Waals surface area (Å²) in [6.07, 6.45) is 2.63. The smallest absolute Gasteiger partial charge is 0.339 e. The van der Waals surface area contributed by atoms with Crippen LogP contribution in [-0.4, -0.2) is 47.6 Å². The van der Waals surface area contributed by atoms with E-state index in [0.29, 0.717) is 0 Å². The number of aliphatic carboxylic acids is 2. The molecule has 2 N–H and O–H groups in total. The van der Waals surface area contributed by atoms with Gasteiger partial charge in [-0.05, 0) is 0 Å². The summed E-state index contributed by atoms with van der Waals surface area (Å²) in [7, 11) is 2.51. The van der Waals surface area contributed by atoms with Crippen molar-refractivity contribution < 1.29 is 29.3 Å². The molecule has 0 aromatic heterocycles. The number of rotatable bonds is 5. The first kappa shape index (κ1) is 12.7. The number of hydrogen-bond donors (Lipinski definition) is 2. The van der Waals surface area contributed by atoms with Crippen LogP contribution in [-0.2, 0) is 19.1 Å². The number of methoxy groups -OCH3 is 2. The maximum Gasteiger partial charge on any atom is 0.339 e. The second kappa shape index (κ2) is 4.23. The first-order valence-electron chi connectivity index (χ1n) is 4.67. The van der Waals surface area contributed by atoms with Crippen molar-refractivity contribution in [1.29, 1.82) is 0 Å². The van der Waals surface area contributed by atoms with Crippen molar-refractivity contribution in [3.63, 3.8) is 0 Å². The molecule has 6 nitrogen and oxygen atoms in total. The molecule has 0 aromatic rings. The maximum absolute atomic E-state index is 11.3. The lowest BCUT2D eigenvalue weighted by atomic mass is 9.82. The van der Waals surface area contributed by atoms with Crippen LogP contribution in [0.4, 0.5) is 0 Å². The van der Waals surface area contributed by atoms with Crippen LogP contribution >= 0.6 is 0 Å². The molecule has 0 spiro atoms. The third-order valence-corrected chi connectivity index (χ3v) is 2.95. The lowest BCUT2D eigenvalue weighted by molar-refractivity contribution is -0.195. The van der Waals surface area contributed by atoms with Gasteiger partial charge in [-0.15, -0.1) is 0 Å². The first-order valence-corrected chi connectivity index (χ1v) is 4.67. The molecule has 0 fully saturated rings. The van der Waals surface area contributed by atoms with Crippen molar-refractivity contribution in [2.75, 3.05) is 14.2 Å². The molecular formula is C10H14O6. The Hall–Kier alpha value is -1.40. The molecule has 0 aromatic carbocycles. The molecule has 2 atom stereocenters. The third kappa shape index (κ3) is 1.60. The summed E-state index contributed by atoms with van der Waals surface area (Å²) in [5.74, 6) is -2.38. The van der Waals surface area contributed by atoms with Gasteiger partial charge in [0.15, 0.2) is 0 Å². The Morgan fingerprint density at radius 3 is 2.31 bits per heavy atom. The summed E-state index contributed by atoms with van der Waals surface area (Å²) < 4.78 is 10.1. The van der Waals surface area contributed by atoms with E-state index in [9.17, 15) is 14.7 Å². The van der Waals surface area contributed by atoms with Gasteiger partial charge in [0.25, 0.3) is 0 Å². The Morgan fingerprint density at radius 1 is 1.31 bits per heavy atom. The van der Waals surface area contributed by atoms with Crippen LogP contribution in [0.3, 0.4) is 0 Å². The zero-order valence-corrected chi connectivity index (χ0v) is 9.10. The van der Waals surface area contributed by atoms with Crippen LogP contribution in [0.2, 0.25) is 0 Å². The van der Waals surface area contributed by atoms with Gasteiger partial charge in [-0.25, -0.2) is 4.79 Å². The predicted molar refractivity (Wildman–Crippen MR) is 53.1 cm³/mol. The molecule has 6 heteroatoms. The maximum atomic E-state index is 11.3. The lowest BCUT2D eigenvalue weighted by Crippen LogP contribution is -2.59.